The average Bonchev–Trinajstić information content (AvgIpc) is 2.81. The smallest absolute Gasteiger partial charge is 0.0543 e. The Morgan fingerprint density at radius 3 is 2.89 bits per heavy atom. The van der Waals surface area contributed by atoms with Gasteiger partial charge >= 0.3 is 0 Å². The SMILES string of the molecule is CCCCCCCOCC1CSc2ccccc21. The molecule has 0 aliphatic carbocycles. The maximum Gasteiger partial charge on any atom is 0.0543 e. The van der Waals surface area contributed by atoms with Crippen LogP contribution in [0.1, 0.15) is 50.5 Å². The van der Waals surface area contributed by atoms with Gasteiger partial charge in [-0.25, -0.2) is 0 Å². The van der Waals surface area contributed by atoms with Crippen LogP contribution in [-0.4, -0.2) is 19.0 Å². The second-order valence-corrected chi connectivity index (χ2v) is 6.10. The fourth-order valence-electron chi connectivity index (χ4n) is 2.40. The molecule has 0 radical (unpaired) electrons. The lowest BCUT2D eigenvalue weighted by atomic mass is 10.0. The molecule has 0 saturated heterocycles. The van der Waals surface area contributed by atoms with Crippen molar-refractivity contribution in [2.75, 3.05) is 19.0 Å². The van der Waals surface area contributed by atoms with Crippen LogP contribution in [0.5, 0.6) is 0 Å². The number of hydrogen-bond acceptors (Lipinski definition) is 2. The molecular formula is C16H24OS. The minimum absolute atomic E-state index is 0.613. The topological polar surface area (TPSA) is 9.23 Å². The summed E-state index contributed by atoms with van der Waals surface area (Å²) in [6, 6.07) is 8.75. The van der Waals surface area contributed by atoms with E-state index in [1.807, 2.05) is 11.8 Å². The van der Waals surface area contributed by atoms with Gasteiger partial charge in [0.25, 0.3) is 0 Å². The monoisotopic (exact) mass is 264 g/mol. The second kappa shape index (κ2) is 7.85. The number of unbranched alkanes of at least 4 members (excludes halogenated alkanes) is 4. The Morgan fingerprint density at radius 1 is 1.17 bits per heavy atom. The molecule has 1 aliphatic rings. The molecule has 0 fully saturated rings. The van der Waals surface area contributed by atoms with Crippen LogP contribution in [0.4, 0.5) is 0 Å². The maximum absolute atomic E-state index is 5.84. The first kappa shape index (κ1) is 14.0. The molecule has 2 rings (SSSR count). The summed E-state index contributed by atoms with van der Waals surface area (Å²) in [7, 11) is 0. The van der Waals surface area contributed by atoms with Crippen LogP contribution >= 0.6 is 11.8 Å². The quantitative estimate of drug-likeness (QED) is 0.620. The molecule has 0 amide bonds. The molecule has 0 bridgehead atoms. The Bertz CT molecular complexity index is 351. The molecule has 100 valence electrons. The summed E-state index contributed by atoms with van der Waals surface area (Å²) in [5.74, 6) is 1.80. The predicted molar refractivity (Wildman–Crippen MR) is 79.5 cm³/mol. The van der Waals surface area contributed by atoms with Crippen molar-refractivity contribution in [2.24, 2.45) is 0 Å². The third-order valence-electron chi connectivity index (χ3n) is 3.51. The van der Waals surface area contributed by atoms with Gasteiger partial charge in [0.05, 0.1) is 6.61 Å². The van der Waals surface area contributed by atoms with Gasteiger partial charge in [-0.05, 0) is 18.1 Å². The molecular weight excluding hydrogens is 240 g/mol. The van der Waals surface area contributed by atoms with Gasteiger partial charge in [-0.1, -0.05) is 50.8 Å². The van der Waals surface area contributed by atoms with Crippen molar-refractivity contribution >= 4 is 11.8 Å². The second-order valence-electron chi connectivity index (χ2n) is 5.03. The van der Waals surface area contributed by atoms with E-state index in [9.17, 15) is 0 Å². The van der Waals surface area contributed by atoms with Crippen LogP contribution in [0.3, 0.4) is 0 Å². The van der Waals surface area contributed by atoms with Gasteiger partial charge in [-0.15, -0.1) is 11.8 Å². The normalized spacial score (nSPS) is 17.9. The molecule has 1 nitrogen and oxygen atoms in total. The summed E-state index contributed by atoms with van der Waals surface area (Å²) in [5.41, 5.74) is 1.49. The Kier molecular flexibility index (Phi) is 6.09. The first-order chi connectivity index (χ1) is 8.92. The van der Waals surface area contributed by atoms with Crippen LogP contribution in [0, 0.1) is 0 Å². The lowest BCUT2D eigenvalue weighted by Gasteiger charge is -2.11. The lowest BCUT2D eigenvalue weighted by Crippen LogP contribution is -2.08. The highest BCUT2D eigenvalue weighted by molar-refractivity contribution is 7.99. The summed E-state index contributed by atoms with van der Waals surface area (Å²) in [6.07, 6.45) is 6.59. The molecule has 0 aromatic heterocycles. The zero-order valence-electron chi connectivity index (χ0n) is 11.4. The van der Waals surface area contributed by atoms with Crippen molar-refractivity contribution in [3.05, 3.63) is 29.8 Å². The third kappa shape index (κ3) is 4.03. The van der Waals surface area contributed by atoms with Gasteiger partial charge in [0, 0.05) is 23.2 Å². The Balaban J connectivity index is 1.61. The van der Waals surface area contributed by atoms with Crippen molar-refractivity contribution in [3.8, 4) is 0 Å². The van der Waals surface area contributed by atoms with E-state index in [4.69, 9.17) is 4.74 Å². The molecule has 1 atom stereocenters. The van der Waals surface area contributed by atoms with Gasteiger partial charge in [0.2, 0.25) is 0 Å². The fraction of sp³-hybridized carbons (Fsp3) is 0.625. The Hall–Kier alpha value is -0.470. The first-order valence-electron chi connectivity index (χ1n) is 7.21. The van der Waals surface area contributed by atoms with Gasteiger partial charge in [0.1, 0.15) is 0 Å². The number of benzene rings is 1. The number of fused-ring (bicyclic) bond motifs is 1. The van der Waals surface area contributed by atoms with Gasteiger partial charge in [-0.2, -0.15) is 0 Å². The van der Waals surface area contributed by atoms with Crippen LogP contribution in [0.25, 0.3) is 0 Å². The van der Waals surface area contributed by atoms with Crippen LogP contribution in [0.2, 0.25) is 0 Å². The molecule has 18 heavy (non-hydrogen) atoms. The zero-order chi connectivity index (χ0) is 12.6. The first-order valence-corrected chi connectivity index (χ1v) is 8.20. The zero-order valence-corrected chi connectivity index (χ0v) is 12.2. The Morgan fingerprint density at radius 2 is 2.00 bits per heavy atom. The summed E-state index contributed by atoms with van der Waals surface area (Å²) in [4.78, 5) is 1.45. The van der Waals surface area contributed by atoms with Crippen molar-refractivity contribution < 1.29 is 4.74 Å². The van der Waals surface area contributed by atoms with Crippen LogP contribution < -0.4 is 0 Å². The van der Waals surface area contributed by atoms with Gasteiger partial charge in [0.15, 0.2) is 0 Å². The number of ether oxygens (including phenoxy) is 1. The van der Waals surface area contributed by atoms with Crippen LogP contribution in [-0.2, 0) is 4.74 Å². The molecule has 1 heterocycles. The largest absolute Gasteiger partial charge is 0.381 e. The van der Waals surface area contributed by atoms with E-state index in [1.165, 1.54) is 48.3 Å². The average molecular weight is 264 g/mol. The van der Waals surface area contributed by atoms with E-state index in [1.54, 1.807) is 0 Å². The van der Waals surface area contributed by atoms with Gasteiger partial charge in [-0.3, -0.25) is 0 Å². The number of rotatable bonds is 8. The summed E-state index contributed by atoms with van der Waals surface area (Å²) in [5, 5.41) is 0. The standard InChI is InChI=1S/C16H24OS/c1-2-3-4-5-8-11-17-12-14-13-18-16-10-7-6-9-15(14)16/h6-7,9-10,14H,2-5,8,11-13H2,1H3. The van der Waals surface area contributed by atoms with Crippen LogP contribution in [0.15, 0.2) is 29.2 Å². The third-order valence-corrected chi connectivity index (χ3v) is 4.76. The van der Waals surface area contributed by atoms with Crippen molar-refractivity contribution in [1.82, 2.24) is 0 Å². The molecule has 1 aromatic rings. The Labute approximate surface area is 115 Å². The predicted octanol–water partition coefficient (Wildman–Crippen LogP) is 4.86. The molecule has 0 spiro atoms. The molecule has 1 aromatic carbocycles. The van der Waals surface area contributed by atoms with E-state index in [2.05, 4.69) is 31.2 Å². The number of hydrogen-bond donors (Lipinski definition) is 0. The highest BCUT2D eigenvalue weighted by Crippen LogP contribution is 2.39. The van der Waals surface area contributed by atoms with E-state index in [0.717, 1.165) is 13.2 Å². The minimum atomic E-state index is 0.613. The molecule has 0 N–H and O–H groups in total. The number of thioether (sulfide) groups is 1. The van der Waals surface area contributed by atoms with E-state index < -0.39 is 0 Å². The minimum Gasteiger partial charge on any atom is -0.381 e. The van der Waals surface area contributed by atoms with Crippen molar-refractivity contribution in [1.29, 1.82) is 0 Å². The van der Waals surface area contributed by atoms with Crippen molar-refractivity contribution in [2.45, 2.75) is 49.8 Å². The molecule has 1 aliphatic heterocycles. The summed E-state index contributed by atoms with van der Waals surface area (Å²) >= 11 is 1.97. The highest BCUT2D eigenvalue weighted by Gasteiger charge is 2.22. The van der Waals surface area contributed by atoms with Crippen molar-refractivity contribution in [3.63, 3.8) is 0 Å². The van der Waals surface area contributed by atoms with E-state index in [-0.39, 0.29) is 0 Å². The molecule has 0 saturated carbocycles. The van der Waals surface area contributed by atoms with E-state index >= 15 is 0 Å². The molecule has 1 unspecified atom stereocenters. The van der Waals surface area contributed by atoms with E-state index in [0.29, 0.717) is 5.92 Å². The van der Waals surface area contributed by atoms with Gasteiger partial charge < -0.3 is 4.74 Å². The lowest BCUT2D eigenvalue weighted by molar-refractivity contribution is 0.120. The summed E-state index contributed by atoms with van der Waals surface area (Å²) < 4.78 is 5.84. The highest BCUT2D eigenvalue weighted by atomic mass is 32.2. The maximum atomic E-state index is 5.84. The molecule has 2 heteroatoms. The fourth-order valence-corrected chi connectivity index (χ4v) is 3.63. The summed E-state index contributed by atoms with van der Waals surface area (Å²) in [6.45, 7) is 4.09.